The molecule has 0 aromatic heterocycles. The first-order valence-electron chi connectivity index (χ1n) is 7.94. The average molecular weight is 343 g/mol. The zero-order valence-electron chi connectivity index (χ0n) is 13.0. The van der Waals surface area contributed by atoms with E-state index in [0.29, 0.717) is 16.6 Å². The van der Waals surface area contributed by atoms with Crippen molar-refractivity contribution >= 4 is 29.9 Å². The van der Waals surface area contributed by atoms with E-state index in [4.69, 9.17) is 11.6 Å². The molecule has 1 unspecified atom stereocenters. The number of benzene rings is 1. The van der Waals surface area contributed by atoms with E-state index in [-0.39, 0.29) is 18.3 Å². The molecule has 0 radical (unpaired) electrons. The van der Waals surface area contributed by atoms with Gasteiger partial charge in [-0.05, 0) is 62.8 Å². The number of amides is 1. The lowest BCUT2D eigenvalue weighted by atomic mass is 9.88. The maximum Gasteiger partial charge on any atom is 0.255 e. The molecule has 1 aromatic carbocycles. The Morgan fingerprint density at radius 2 is 2.00 bits per heavy atom. The van der Waals surface area contributed by atoms with Crippen LogP contribution in [0.5, 0.6) is 0 Å². The van der Waals surface area contributed by atoms with Crippen molar-refractivity contribution in [1.29, 1.82) is 0 Å². The molecule has 2 saturated heterocycles. The van der Waals surface area contributed by atoms with Gasteiger partial charge in [0, 0.05) is 19.1 Å². The van der Waals surface area contributed by atoms with Gasteiger partial charge in [0.05, 0.1) is 10.6 Å². The molecule has 22 heavy (non-hydrogen) atoms. The van der Waals surface area contributed by atoms with Gasteiger partial charge >= 0.3 is 0 Å². The molecule has 2 heterocycles. The van der Waals surface area contributed by atoms with Crippen LogP contribution >= 0.6 is 24.0 Å². The summed E-state index contributed by atoms with van der Waals surface area (Å²) in [5, 5.41) is 4.16. The number of hydrogen-bond acceptors (Lipinski definition) is 2. The standard InChI is InChI=1S/C17H23ClN2O.ClH/c1-12-4-5-14(15(18)11-12)17(21)20-9-6-13(7-10-20)16-3-2-8-19-16;/h4-5,11,13,16,19H,2-3,6-10H2,1H3;1H. The lowest BCUT2D eigenvalue weighted by Gasteiger charge is -2.35. The summed E-state index contributed by atoms with van der Waals surface area (Å²) in [6.07, 6.45) is 4.80. The number of carbonyl (C=O) groups is 1. The van der Waals surface area contributed by atoms with Crippen molar-refractivity contribution in [1.82, 2.24) is 10.2 Å². The van der Waals surface area contributed by atoms with Crippen molar-refractivity contribution in [3.8, 4) is 0 Å². The molecule has 1 amide bonds. The summed E-state index contributed by atoms with van der Waals surface area (Å²) in [5.74, 6) is 0.808. The van der Waals surface area contributed by atoms with Gasteiger partial charge in [-0.25, -0.2) is 0 Å². The molecule has 3 nitrogen and oxygen atoms in total. The highest BCUT2D eigenvalue weighted by Crippen LogP contribution is 2.27. The molecule has 2 fully saturated rings. The summed E-state index contributed by atoms with van der Waals surface area (Å²) in [6.45, 7) is 4.85. The number of nitrogens with one attached hydrogen (secondary N) is 1. The summed E-state index contributed by atoms with van der Waals surface area (Å²) >= 11 is 6.22. The first-order valence-corrected chi connectivity index (χ1v) is 8.32. The number of nitrogens with zero attached hydrogens (tertiary/aromatic N) is 1. The number of rotatable bonds is 2. The second kappa shape index (κ2) is 7.67. The number of hydrogen-bond donors (Lipinski definition) is 1. The lowest BCUT2D eigenvalue weighted by Crippen LogP contribution is -2.43. The average Bonchev–Trinajstić information content (AvgIpc) is 3.01. The van der Waals surface area contributed by atoms with Gasteiger partial charge in [-0.1, -0.05) is 17.7 Å². The van der Waals surface area contributed by atoms with Crippen LogP contribution in [0, 0.1) is 12.8 Å². The van der Waals surface area contributed by atoms with E-state index in [1.807, 2.05) is 30.0 Å². The topological polar surface area (TPSA) is 32.3 Å². The molecule has 1 atom stereocenters. The number of likely N-dealkylation sites (tertiary alicyclic amines) is 1. The predicted octanol–water partition coefficient (Wildman–Crippen LogP) is 3.67. The molecule has 2 aliphatic rings. The third-order valence-electron chi connectivity index (χ3n) is 4.85. The zero-order chi connectivity index (χ0) is 14.8. The second-order valence-electron chi connectivity index (χ2n) is 6.32. The van der Waals surface area contributed by atoms with E-state index in [2.05, 4.69) is 5.32 Å². The van der Waals surface area contributed by atoms with Crippen LogP contribution in [0.4, 0.5) is 0 Å². The molecule has 5 heteroatoms. The molecule has 0 spiro atoms. The van der Waals surface area contributed by atoms with Crippen molar-refractivity contribution in [3.63, 3.8) is 0 Å². The van der Waals surface area contributed by atoms with E-state index in [1.165, 1.54) is 12.8 Å². The van der Waals surface area contributed by atoms with Crippen LogP contribution in [0.3, 0.4) is 0 Å². The molecule has 0 aliphatic carbocycles. The minimum Gasteiger partial charge on any atom is -0.339 e. The Labute approximate surface area is 143 Å². The second-order valence-corrected chi connectivity index (χ2v) is 6.72. The third-order valence-corrected chi connectivity index (χ3v) is 5.16. The Bertz CT molecular complexity index is 521. The van der Waals surface area contributed by atoms with Gasteiger partial charge in [-0.2, -0.15) is 0 Å². The van der Waals surface area contributed by atoms with Crippen molar-refractivity contribution in [2.24, 2.45) is 5.92 Å². The Morgan fingerprint density at radius 3 is 2.59 bits per heavy atom. The van der Waals surface area contributed by atoms with Crippen molar-refractivity contribution in [2.75, 3.05) is 19.6 Å². The van der Waals surface area contributed by atoms with Gasteiger partial charge in [0.25, 0.3) is 5.91 Å². The maximum absolute atomic E-state index is 12.6. The van der Waals surface area contributed by atoms with Crippen LogP contribution in [0.25, 0.3) is 0 Å². The van der Waals surface area contributed by atoms with E-state index < -0.39 is 0 Å². The Balaban J connectivity index is 0.00000176. The fraction of sp³-hybridized carbons (Fsp3) is 0.588. The lowest BCUT2D eigenvalue weighted by molar-refractivity contribution is 0.0674. The highest BCUT2D eigenvalue weighted by atomic mass is 35.5. The first-order chi connectivity index (χ1) is 10.1. The van der Waals surface area contributed by atoms with E-state index >= 15 is 0 Å². The smallest absolute Gasteiger partial charge is 0.255 e. The van der Waals surface area contributed by atoms with Crippen LogP contribution in [0.1, 0.15) is 41.6 Å². The summed E-state index contributed by atoms with van der Waals surface area (Å²) in [5.41, 5.74) is 1.72. The predicted molar refractivity (Wildman–Crippen MR) is 93.1 cm³/mol. The molecule has 0 bridgehead atoms. The highest BCUT2D eigenvalue weighted by molar-refractivity contribution is 6.33. The Kier molecular flexibility index (Phi) is 6.13. The maximum atomic E-state index is 12.6. The molecule has 122 valence electrons. The number of carbonyl (C=O) groups excluding carboxylic acids is 1. The molecule has 3 rings (SSSR count). The zero-order valence-corrected chi connectivity index (χ0v) is 14.6. The molecule has 2 aliphatic heterocycles. The van der Waals surface area contributed by atoms with Gasteiger partial charge in [0.15, 0.2) is 0 Å². The van der Waals surface area contributed by atoms with Crippen molar-refractivity contribution in [2.45, 2.75) is 38.6 Å². The summed E-state index contributed by atoms with van der Waals surface area (Å²) in [7, 11) is 0. The fourth-order valence-corrected chi connectivity index (χ4v) is 3.90. The van der Waals surface area contributed by atoms with Gasteiger partial charge in [-0.3, -0.25) is 4.79 Å². The van der Waals surface area contributed by atoms with Gasteiger partial charge in [-0.15, -0.1) is 12.4 Å². The first kappa shape index (κ1) is 17.6. The Hall–Kier alpha value is -0.770. The summed E-state index contributed by atoms with van der Waals surface area (Å²) in [4.78, 5) is 14.5. The minimum absolute atomic E-state index is 0. The van der Waals surface area contributed by atoms with E-state index in [0.717, 1.165) is 44.0 Å². The van der Waals surface area contributed by atoms with Crippen LogP contribution in [0.15, 0.2) is 18.2 Å². The molecule has 1 aromatic rings. The minimum atomic E-state index is 0. The van der Waals surface area contributed by atoms with E-state index in [1.54, 1.807) is 0 Å². The van der Waals surface area contributed by atoms with Crippen LogP contribution in [-0.4, -0.2) is 36.5 Å². The molecule has 1 N–H and O–H groups in total. The quantitative estimate of drug-likeness (QED) is 0.889. The monoisotopic (exact) mass is 342 g/mol. The van der Waals surface area contributed by atoms with Crippen molar-refractivity contribution < 1.29 is 4.79 Å². The fourth-order valence-electron chi connectivity index (χ4n) is 3.58. The van der Waals surface area contributed by atoms with Gasteiger partial charge < -0.3 is 10.2 Å². The SMILES string of the molecule is Cc1ccc(C(=O)N2CCC(C3CCCN3)CC2)c(Cl)c1.Cl. The third kappa shape index (κ3) is 3.76. The van der Waals surface area contributed by atoms with Gasteiger partial charge in [0.1, 0.15) is 0 Å². The normalized spacial score (nSPS) is 22.5. The molecular formula is C17H24Cl2N2O. The number of aryl methyl sites for hydroxylation is 1. The van der Waals surface area contributed by atoms with E-state index in [9.17, 15) is 4.79 Å². The Morgan fingerprint density at radius 1 is 1.27 bits per heavy atom. The number of halogens is 2. The summed E-state index contributed by atoms with van der Waals surface area (Å²) in [6, 6.07) is 6.34. The van der Waals surface area contributed by atoms with Crippen LogP contribution in [-0.2, 0) is 0 Å². The van der Waals surface area contributed by atoms with Crippen LogP contribution in [0.2, 0.25) is 5.02 Å². The molecular weight excluding hydrogens is 319 g/mol. The largest absolute Gasteiger partial charge is 0.339 e. The highest BCUT2D eigenvalue weighted by Gasteiger charge is 2.30. The number of piperidine rings is 1. The van der Waals surface area contributed by atoms with Gasteiger partial charge in [0.2, 0.25) is 0 Å². The summed E-state index contributed by atoms with van der Waals surface area (Å²) < 4.78 is 0. The molecule has 0 saturated carbocycles. The van der Waals surface area contributed by atoms with Crippen molar-refractivity contribution in [3.05, 3.63) is 34.3 Å². The van der Waals surface area contributed by atoms with Crippen LogP contribution < -0.4 is 5.32 Å².